The van der Waals surface area contributed by atoms with Crippen molar-refractivity contribution in [2.45, 2.75) is 46.2 Å². The minimum Gasteiger partial charge on any atom is -0.496 e. The number of pyridine rings is 1. The monoisotopic (exact) mass is 277 g/mol. The van der Waals surface area contributed by atoms with Crippen LogP contribution in [0.2, 0.25) is 0 Å². The molecule has 4 nitrogen and oxygen atoms in total. The van der Waals surface area contributed by atoms with E-state index < -0.39 is 0 Å². The van der Waals surface area contributed by atoms with Gasteiger partial charge in [0.25, 0.3) is 0 Å². The zero-order valence-electron chi connectivity index (χ0n) is 13.2. The topological polar surface area (TPSA) is 37.4 Å². The Kier molecular flexibility index (Phi) is 5.38. The van der Waals surface area contributed by atoms with E-state index >= 15 is 0 Å². The maximum Gasteiger partial charge on any atom is 0.128 e. The van der Waals surface area contributed by atoms with Gasteiger partial charge in [-0.1, -0.05) is 0 Å². The molecule has 0 spiro atoms. The number of hydrogen-bond acceptors (Lipinski definition) is 4. The van der Waals surface area contributed by atoms with Crippen molar-refractivity contribution in [3.63, 3.8) is 0 Å². The molecule has 0 aliphatic carbocycles. The van der Waals surface area contributed by atoms with E-state index in [9.17, 15) is 0 Å². The summed E-state index contributed by atoms with van der Waals surface area (Å²) in [6.07, 6.45) is 4.59. The van der Waals surface area contributed by atoms with Gasteiger partial charge in [0.2, 0.25) is 0 Å². The van der Waals surface area contributed by atoms with Gasteiger partial charge in [-0.2, -0.15) is 0 Å². The van der Waals surface area contributed by atoms with Crippen molar-refractivity contribution in [1.82, 2.24) is 15.2 Å². The molecule has 20 heavy (non-hydrogen) atoms. The molecule has 0 saturated carbocycles. The van der Waals surface area contributed by atoms with Gasteiger partial charge in [0, 0.05) is 36.5 Å². The van der Waals surface area contributed by atoms with Crippen LogP contribution in [-0.4, -0.2) is 42.7 Å². The SMILES string of the molecule is COc1c(C)cnc(CNCC(C)N2CCCC2)c1C. The number of rotatable bonds is 6. The first-order valence-electron chi connectivity index (χ1n) is 7.57. The molecule has 2 heterocycles. The van der Waals surface area contributed by atoms with Gasteiger partial charge in [0.1, 0.15) is 5.75 Å². The Morgan fingerprint density at radius 2 is 2.05 bits per heavy atom. The van der Waals surface area contributed by atoms with E-state index in [0.29, 0.717) is 6.04 Å². The van der Waals surface area contributed by atoms with Crippen LogP contribution in [0.25, 0.3) is 0 Å². The molecule has 0 aromatic carbocycles. The summed E-state index contributed by atoms with van der Waals surface area (Å²) in [5.74, 6) is 0.962. The molecule has 1 saturated heterocycles. The first-order valence-corrected chi connectivity index (χ1v) is 7.57. The van der Waals surface area contributed by atoms with Gasteiger partial charge in [-0.3, -0.25) is 9.88 Å². The lowest BCUT2D eigenvalue weighted by molar-refractivity contribution is 0.251. The predicted molar refractivity (Wildman–Crippen MR) is 82.2 cm³/mol. The van der Waals surface area contributed by atoms with Crippen LogP contribution >= 0.6 is 0 Å². The Morgan fingerprint density at radius 3 is 2.70 bits per heavy atom. The summed E-state index contributed by atoms with van der Waals surface area (Å²) in [7, 11) is 1.72. The van der Waals surface area contributed by atoms with Crippen molar-refractivity contribution in [3.8, 4) is 5.75 Å². The van der Waals surface area contributed by atoms with E-state index in [2.05, 4.69) is 29.0 Å². The van der Waals surface area contributed by atoms with Gasteiger partial charge in [-0.15, -0.1) is 0 Å². The lowest BCUT2D eigenvalue weighted by atomic mass is 10.1. The predicted octanol–water partition coefficient (Wildman–Crippen LogP) is 2.28. The fourth-order valence-corrected chi connectivity index (χ4v) is 2.96. The van der Waals surface area contributed by atoms with E-state index in [4.69, 9.17) is 4.74 Å². The number of methoxy groups -OCH3 is 1. The molecule has 1 unspecified atom stereocenters. The van der Waals surface area contributed by atoms with Crippen molar-refractivity contribution in [3.05, 3.63) is 23.0 Å². The Bertz CT molecular complexity index is 442. The molecular weight excluding hydrogens is 250 g/mol. The smallest absolute Gasteiger partial charge is 0.128 e. The van der Waals surface area contributed by atoms with Gasteiger partial charge in [-0.05, 0) is 46.7 Å². The number of hydrogen-bond donors (Lipinski definition) is 1. The van der Waals surface area contributed by atoms with E-state index in [1.807, 2.05) is 13.1 Å². The lowest BCUT2D eigenvalue weighted by Gasteiger charge is -2.24. The van der Waals surface area contributed by atoms with E-state index in [1.54, 1.807) is 7.11 Å². The second kappa shape index (κ2) is 7.04. The zero-order valence-corrected chi connectivity index (χ0v) is 13.2. The molecule has 2 rings (SSSR count). The largest absolute Gasteiger partial charge is 0.496 e. The van der Waals surface area contributed by atoms with Crippen LogP contribution in [0, 0.1) is 13.8 Å². The van der Waals surface area contributed by atoms with E-state index in [0.717, 1.165) is 35.7 Å². The first kappa shape index (κ1) is 15.3. The third-order valence-corrected chi connectivity index (χ3v) is 4.25. The quantitative estimate of drug-likeness (QED) is 0.865. The minimum absolute atomic E-state index is 0.602. The third kappa shape index (κ3) is 3.49. The maximum absolute atomic E-state index is 5.45. The molecule has 4 heteroatoms. The average molecular weight is 277 g/mol. The van der Waals surface area contributed by atoms with Gasteiger partial charge in [0.15, 0.2) is 0 Å². The van der Waals surface area contributed by atoms with E-state index in [1.165, 1.54) is 25.9 Å². The third-order valence-electron chi connectivity index (χ3n) is 4.25. The molecule has 0 amide bonds. The molecule has 1 aliphatic heterocycles. The lowest BCUT2D eigenvalue weighted by Crippen LogP contribution is -2.38. The molecule has 1 atom stereocenters. The summed E-state index contributed by atoms with van der Waals surface area (Å²) in [6, 6.07) is 0.602. The van der Waals surface area contributed by atoms with Crippen molar-refractivity contribution in [1.29, 1.82) is 0 Å². The fraction of sp³-hybridized carbons (Fsp3) is 0.688. The number of aromatic nitrogens is 1. The van der Waals surface area contributed by atoms with Gasteiger partial charge in [-0.25, -0.2) is 0 Å². The van der Waals surface area contributed by atoms with Crippen LogP contribution in [0.5, 0.6) is 5.75 Å². The van der Waals surface area contributed by atoms with Crippen LogP contribution in [0.3, 0.4) is 0 Å². The molecule has 1 N–H and O–H groups in total. The standard InChI is InChI=1S/C16H27N3O/c1-12-9-18-15(14(3)16(12)20-4)11-17-10-13(2)19-7-5-6-8-19/h9,13,17H,5-8,10-11H2,1-4H3. The molecule has 1 aromatic heterocycles. The summed E-state index contributed by atoms with van der Waals surface area (Å²) < 4.78 is 5.45. The molecule has 0 radical (unpaired) electrons. The first-order chi connectivity index (χ1) is 9.63. The summed E-state index contributed by atoms with van der Waals surface area (Å²) in [5.41, 5.74) is 3.33. The molecule has 1 fully saturated rings. The van der Waals surface area contributed by atoms with Crippen molar-refractivity contribution in [2.75, 3.05) is 26.7 Å². The average Bonchev–Trinajstić information content (AvgIpc) is 2.96. The van der Waals surface area contributed by atoms with Crippen molar-refractivity contribution in [2.24, 2.45) is 0 Å². The maximum atomic E-state index is 5.45. The second-order valence-electron chi connectivity index (χ2n) is 5.77. The Hall–Kier alpha value is -1.13. The molecular formula is C16H27N3O. The molecule has 1 aromatic rings. The molecule has 0 bridgehead atoms. The van der Waals surface area contributed by atoms with Crippen molar-refractivity contribution >= 4 is 0 Å². The van der Waals surface area contributed by atoms with Crippen LogP contribution in [0.1, 0.15) is 36.6 Å². The summed E-state index contributed by atoms with van der Waals surface area (Å²) >= 11 is 0. The highest BCUT2D eigenvalue weighted by molar-refractivity contribution is 5.40. The van der Waals surface area contributed by atoms with Crippen molar-refractivity contribution < 1.29 is 4.74 Å². The van der Waals surface area contributed by atoms with Crippen LogP contribution in [-0.2, 0) is 6.54 Å². The highest BCUT2D eigenvalue weighted by Gasteiger charge is 2.17. The summed E-state index contributed by atoms with van der Waals surface area (Å²) in [6.45, 7) is 10.7. The van der Waals surface area contributed by atoms with Gasteiger partial charge < -0.3 is 10.1 Å². The van der Waals surface area contributed by atoms with E-state index in [-0.39, 0.29) is 0 Å². The molecule has 112 valence electrons. The highest BCUT2D eigenvalue weighted by atomic mass is 16.5. The Morgan fingerprint density at radius 1 is 1.35 bits per heavy atom. The number of nitrogens with one attached hydrogen (secondary N) is 1. The van der Waals surface area contributed by atoms with Gasteiger partial charge >= 0.3 is 0 Å². The van der Waals surface area contributed by atoms with Gasteiger partial charge in [0.05, 0.1) is 12.8 Å². The minimum atomic E-state index is 0.602. The second-order valence-corrected chi connectivity index (χ2v) is 5.77. The van der Waals surface area contributed by atoms with Crippen LogP contribution < -0.4 is 10.1 Å². The molecule has 1 aliphatic rings. The number of nitrogens with zero attached hydrogens (tertiary/aromatic N) is 2. The number of likely N-dealkylation sites (tertiary alicyclic amines) is 1. The van der Waals surface area contributed by atoms with Crippen LogP contribution in [0.15, 0.2) is 6.20 Å². The zero-order chi connectivity index (χ0) is 14.5. The normalized spacial score (nSPS) is 17.4. The Labute approximate surface area is 122 Å². The number of ether oxygens (including phenoxy) is 1. The number of aryl methyl sites for hydroxylation is 1. The summed E-state index contributed by atoms with van der Waals surface area (Å²) in [4.78, 5) is 7.08. The fourth-order valence-electron chi connectivity index (χ4n) is 2.96. The summed E-state index contributed by atoms with van der Waals surface area (Å²) in [5, 5.41) is 3.53. The highest BCUT2D eigenvalue weighted by Crippen LogP contribution is 2.23. The van der Waals surface area contributed by atoms with Crippen LogP contribution in [0.4, 0.5) is 0 Å². The Balaban J connectivity index is 1.87.